The van der Waals surface area contributed by atoms with Gasteiger partial charge >= 0.3 is 0 Å². The van der Waals surface area contributed by atoms with Crippen LogP contribution in [0.4, 0.5) is 10.1 Å². The molecule has 0 bridgehead atoms. The van der Waals surface area contributed by atoms with Crippen molar-refractivity contribution in [1.82, 2.24) is 0 Å². The van der Waals surface area contributed by atoms with E-state index >= 15 is 0 Å². The molecule has 5 heteroatoms. The molecule has 1 unspecified atom stereocenters. The van der Waals surface area contributed by atoms with Crippen molar-refractivity contribution in [3.8, 4) is 5.75 Å². The zero-order valence-electron chi connectivity index (χ0n) is 10.9. The number of hydrogen-bond donors (Lipinski definition) is 2. The van der Waals surface area contributed by atoms with Crippen molar-refractivity contribution in [2.24, 2.45) is 0 Å². The zero-order valence-corrected chi connectivity index (χ0v) is 12.5. The Labute approximate surface area is 125 Å². The Balaban J connectivity index is 2.02. The van der Waals surface area contributed by atoms with Crippen LogP contribution >= 0.6 is 15.9 Å². The summed E-state index contributed by atoms with van der Waals surface area (Å²) >= 11 is 3.43. The molecule has 0 saturated heterocycles. The minimum absolute atomic E-state index is 0.315. The van der Waals surface area contributed by atoms with Crippen LogP contribution in [0.3, 0.4) is 0 Å². The first-order valence-corrected chi connectivity index (χ1v) is 6.90. The number of ether oxygens (including phenoxy) is 1. The molecule has 0 saturated carbocycles. The molecule has 2 N–H and O–H groups in total. The van der Waals surface area contributed by atoms with Crippen molar-refractivity contribution < 1.29 is 14.2 Å². The molecule has 0 aliphatic heterocycles. The highest BCUT2D eigenvalue weighted by Gasteiger charge is 2.09. The summed E-state index contributed by atoms with van der Waals surface area (Å²) in [6, 6.07) is 11.4. The molecule has 3 nitrogen and oxygen atoms in total. The maximum absolute atomic E-state index is 12.8. The summed E-state index contributed by atoms with van der Waals surface area (Å²) in [6.07, 6.45) is -0.714. The zero-order chi connectivity index (χ0) is 14.5. The van der Waals surface area contributed by atoms with Gasteiger partial charge in [0.25, 0.3) is 0 Å². The number of benzene rings is 2. The van der Waals surface area contributed by atoms with Crippen molar-refractivity contribution in [1.29, 1.82) is 0 Å². The number of nitrogens with one attached hydrogen (secondary N) is 1. The molecule has 2 aromatic carbocycles. The first-order chi connectivity index (χ1) is 9.60. The second kappa shape index (κ2) is 6.72. The van der Waals surface area contributed by atoms with E-state index in [1.165, 1.54) is 12.1 Å². The molecule has 2 rings (SSSR count). The van der Waals surface area contributed by atoms with E-state index in [2.05, 4.69) is 21.2 Å². The van der Waals surface area contributed by atoms with E-state index in [4.69, 9.17) is 4.74 Å². The summed E-state index contributed by atoms with van der Waals surface area (Å²) in [5.74, 6) is 0.413. The normalized spacial score (nSPS) is 12.0. The summed E-state index contributed by atoms with van der Waals surface area (Å²) in [5.41, 5.74) is 1.49. The number of halogens is 2. The predicted molar refractivity (Wildman–Crippen MR) is 80.5 cm³/mol. The molecule has 0 heterocycles. The van der Waals surface area contributed by atoms with Gasteiger partial charge in [0.2, 0.25) is 0 Å². The van der Waals surface area contributed by atoms with Gasteiger partial charge in [0.1, 0.15) is 11.6 Å². The Morgan fingerprint density at radius 3 is 2.60 bits per heavy atom. The fourth-order valence-corrected chi connectivity index (χ4v) is 2.16. The van der Waals surface area contributed by atoms with Gasteiger partial charge in [0.15, 0.2) is 0 Å². The molecule has 0 amide bonds. The maximum atomic E-state index is 12.8. The van der Waals surface area contributed by atoms with Gasteiger partial charge in [0, 0.05) is 17.1 Å². The molecule has 0 fully saturated rings. The molecule has 0 aliphatic carbocycles. The van der Waals surface area contributed by atoms with Crippen LogP contribution in [-0.4, -0.2) is 18.8 Å². The van der Waals surface area contributed by atoms with Crippen molar-refractivity contribution in [2.75, 3.05) is 19.0 Å². The van der Waals surface area contributed by atoms with E-state index in [1.54, 1.807) is 19.2 Å². The molecular weight excluding hydrogens is 325 g/mol. The summed E-state index contributed by atoms with van der Waals surface area (Å²) in [7, 11) is 1.60. The molecule has 0 spiro atoms. The largest absolute Gasteiger partial charge is 0.497 e. The van der Waals surface area contributed by atoms with Gasteiger partial charge in [-0.25, -0.2) is 4.39 Å². The Morgan fingerprint density at radius 1 is 1.25 bits per heavy atom. The van der Waals surface area contributed by atoms with E-state index in [0.29, 0.717) is 12.1 Å². The van der Waals surface area contributed by atoms with E-state index in [-0.39, 0.29) is 5.82 Å². The molecule has 20 heavy (non-hydrogen) atoms. The van der Waals surface area contributed by atoms with Gasteiger partial charge < -0.3 is 15.2 Å². The van der Waals surface area contributed by atoms with Gasteiger partial charge in [0.05, 0.1) is 18.9 Å². The first-order valence-electron chi connectivity index (χ1n) is 6.11. The molecule has 2 aromatic rings. The number of anilines is 1. The van der Waals surface area contributed by atoms with Crippen LogP contribution in [-0.2, 0) is 0 Å². The average Bonchev–Trinajstić information content (AvgIpc) is 2.47. The molecule has 0 aromatic heterocycles. The molecule has 0 aliphatic rings. The maximum Gasteiger partial charge on any atom is 0.123 e. The van der Waals surface area contributed by atoms with E-state index in [9.17, 15) is 9.50 Å². The lowest BCUT2D eigenvalue weighted by Crippen LogP contribution is -2.12. The van der Waals surface area contributed by atoms with Crippen molar-refractivity contribution >= 4 is 21.6 Å². The molecule has 106 valence electrons. The second-order valence-corrected chi connectivity index (χ2v) is 5.15. The highest BCUT2D eigenvalue weighted by Crippen LogP contribution is 2.27. The van der Waals surface area contributed by atoms with Gasteiger partial charge in [-0.2, -0.15) is 0 Å². The molecule has 0 radical (unpaired) electrons. The Morgan fingerprint density at radius 2 is 1.95 bits per heavy atom. The van der Waals surface area contributed by atoms with Crippen LogP contribution in [0.2, 0.25) is 0 Å². The van der Waals surface area contributed by atoms with E-state index < -0.39 is 6.10 Å². The van der Waals surface area contributed by atoms with Gasteiger partial charge in [-0.05, 0) is 45.8 Å². The van der Waals surface area contributed by atoms with E-state index in [1.807, 2.05) is 18.2 Å². The van der Waals surface area contributed by atoms with Gasteiger partial charge in [-0.3, -0.25) is 0 Å². The van der Waals surface area contributed by atoms with Crippen LogP contribution in [0.25, 0.3) is 0 Å². The monoisotopic (exact) mass is 339 g/mol. The molecular formula is C15H15BrFNO2. The highest BCUT2D eigenvalue weighted by atomic mass is 79.9. The quantitative estimate of drug-likeness (QED) is 0.871. The van der Waals surface area contributed by atoms with Crippen LogP contribution in [0.5, 0.6) is 5.75 Å². The number of methoxy groups -OCH3 is 1. The standard InChI is InChI=1S/C15H15BrFNO2/c1-20-12-6-7-13(16)14(8-12)18-9-15(19)10-2-4-11(17)5-3-10/h2-8,15,18-19H,9H2,1H3. The van der Waals surface area contributed by atoms with Crippen molar-refractivity contribution in [2.45, 2.75) is 6.10 Å². The third-order valence-corrected chi connectivity index (χ3v) is 3.61. The lowest BCUT2D eigenvalue weighted by Gasteiger charge is -2.15. The minimum atomic E-state index is -0.714. The summed E-state index contributed by atoms with van der Waals surface area (Å²) in [4.78, 5) is 0. The Kier molecular flexibility index (Phi) is 4.98. The highest BCUT2D eigenvalue weighted by molar-refractivity contribution is 9.10. The van der Waals surface area contributed by atoms with Crippen LogP contribution in [0, 0.1) is 5.82 Å². The van der Waals surface area contributed by atoms with Crippen molar-refractivity contribution in [3.63, 3.8) is 0 Å². The summed E-state index contributed by atoms with van der Waals surface area (Å²) < 4.78 is 18.8. The lowest BCUT2D eigenvalue weighted by molar-refractivity contribution is 0.191. The minimum Gasteiger partial charge on any atom is -0.497 e. The fourth-order valence-electron chi connectivity index (χ4n) is 1.78. The van der Waals surface area contributed by atoms with Crippen LogP contribution in [0.15, 0.2) is 46.9 Å². The Bertz CT molecular complexity index is 575. The fraction of sp³-hybridized carbons (Fsp3) is 0.200. The average molecular weight is 340 g/mol. The third kappa shape index (κ3) is 3.71. The van der Waals surface area contributed by atoms with Crippen molar-refractivity contribution in [3.05, 3.63) is 58.3 Å². The number of aliphatic hydroxyl groups excluding tert-OH is 1. The number of rotatable bonds is 5. The third-order valence-electron chi connectivity index (χ3n) is 2.91. The Hall–Kier alpha value is -1.59. The summed E-state index contributed by atoms with van der Waals surface area (Å²) in [5, 5.41) is 13.2. The number of hydrogen-bond acceptors (Lipinski definition) is 3. The van der Waals surface area contributed by atoms with Gasteiger partial charge in [-0.15, -0.1) is 0 Å². The lowest BCUT2D eigenvalue weighted by atomic mass is 10.1. The van der Waals surface area contributed by atoms with Crippen LogP contribution in [0.1, 0.15) is 11.7 Å². The van der Waals surface area contributed by atoms with Gasteiger partial charge in [-0.1, -0.05) is 12.1 Å². The smallest absolute Gasteiger partial charge is 0.123 e. The predicted octanol–water partition coefficient (Wildman–Crippen LogP) is 3.74. The SMILES string of the molecule is COc1ccc(Br)c(NCC(O)c2ccc(F)cc2)c1. The summed E-state index contributed by atoms with van der Waals surface area (Å²) in [6.45, 7) is 0.317. The second-order valence-electron chi connectivity index (χ2n) is 4.29. The topological polar surface area (TPSA) is 41.5 Å². The van der Waals surface area contributed by atoms with E-state index in [0.717, 1.165) is 15.9 Å². The molecule has 1 atom stereocenters. The van der Waals surface area contributed by atoms with Crippen LogP contribution < -0.4 is 10.1 Å². The number of aliphatic hydroxyl groups is 1. The first kappa shape index (κ1) is 14.8.